The second kappa shape index (κ2) is 10.1. The van der Waals surface area contributed by atoms with Gasteiger partial charge in [0.1, 0.15) is 10.8 Å². The molecule has 2 unspecified atom stereocenters. The van der Waals surface area contributed by atoms with Crippen LogP contribution in [0.2, 0.25) is 0 Å². The van der Waals surface area contributed by atoms with Crippen LogP contribution in [0.4, 0.5) is 10.1 Å². The number of rotatable bonds is 6. The molecule has 0 bridgehead atoms. The largest absolute Gasteiger partial charge is 0.369 e. The van der Waals surface area contributed by atoms with Gasteiger partial charge in [-0.05, 0) is 62.1 Å². The highest BCUT2D eigenvalue weighted by Gasteiger charge is 2.67. The molecule has 2 aromatic carbocycles. The van der Waals surface area contributed by atoms with Gasteiger partial charge in [-0.2, -0.15) is 15.9 Å². The molecule has 3 aliphatic rings. The van der Waals surface area contributed by atoms with Crippen LogP contribution < -0.4 is 10.6 Å². The van der Waals surface area contributed by atoms with Crippen LogP contribution in [0.25, 0.3) is 21.8 Å². The fraction of sp³-hybridized carbons (Fsp3) is 0.433. The molecule has 3 aromatic rings. The maximum atomic E-state index is 13.7. The average Bonchev–Trinajstić information content (AvgIpc) is 3.65. The van der Waals surface area contributed by atoms with E-state index in [0.29, 0.717) is 43.9 Å². The Morgan fingerprint density at radius 1 is 1.05 bits per heavy atom. The summed E-state index contributed by atoms with van der Waals surface area (Å²) < 4.78 is 33.7. The molecule has 2 saturated carbocycles. The molecular formula is C30H33FN4O3S2. The molecule has 3 fully saturated rings. The van der Waals surface area contributed by atoms with Crippen LogP contribution in [-0.4, -0.2) is 44.6 Å². The number of nitrogens with two attached hydrogens (primary N) is 1. The Hall–Kier alpha value is -2.97. The van der Waals surface area contributed by atoms with E-state index in [1.807, 2.05) is 24.3 Å². The number of hydrogen-bond donors (Lipinski definition) is 3. The standard InChI is InChI=1S/C30H33FN4O3S2/c31-22-8-4-21(5-9-22)27-34-25(20-6-10-23(11-7-20)35-15-17-40(37,38)18-16-35)26(39-27)24-3-1-2-12-30(24,28(33)36)29(19-32)13-14-29/h4-11,24,37-38H,1-3,12-18H2,(H2,33,36). The molecule has 1 amide bonds. The highest BCUT2D eigenvalue weighted by molar-refractivity contribution is 8.24. The first-order chi connectivity index (χ1) is 19.2. The molecule has 4 N–H and O–H groups in total. The first kappa shape index (κ1) is 27.2. The van der Waals surface area contributed by atoms with E-state index >= 15 is 0 Å². The van der Waals surface area contributed by atoms with E-state index in [1.54, 1.807) is 12.1 Å². The van der Waals surface area contributed by atoms with Crippen LogP contribution in [0.1, 0.15) is 49.3 Å². The SMILES string of the molecule is N#CC1(C2(C(N)=O)CCCCC2c2sc(-c3ccc(F)cc3)nc2-c2ccc(N3CCS(O)(O)CC3)cc2)CC1. The van der Waals surface area contributed by atoms with Gasteiger partial charge in [-0.3, -0.25) is 13.9 Å². The second-order valence-corrected chi connectivity index (χ2v) is 14.8. The van der Waals surface area contributed by atoms with Gasteiger partial charge in [-0.1, -0.05) is 25.0 Å². The summed E-state index contributed by atoms with van der Waals surface area (Å²) in [6.07, 6.45) is 4.50. The minimum Gasteiger partial charge on any atom is -0.369 e. The van der Waals surface area contributed by atoms with Crippen molar-refractivity contribution in [1.29, 1.82) is 5.26 Å². The zero-order valence-corrected chi connectivity index (χ0v) is 23.8. The van der Waals surface area contributed by atoms with Crippen molar-refractivity contribution in [1.82, 2.24) is 4.98 Å². The number of carbonyl (C=O) groups is 1. The Balaban J connectivity index is 1.44. The fourth-order valence-electron chi connectivity index (χ4n) is 6.72. The lowest BCUT2D eigenvalue weighted by Gasteiger charge is -2.45. The number of nitriles is 1. The number of thiazole rings is 1. The van der Waals surface area contributed by atoms with Crippen molar-refractivity contribution in [3.05, 3.63) is 59.2 Å². The number of benzene rings is 2. The Labute approximate surface area is 239 Å². The van der Waals surface area contributed by atoms with Crippen LogP contribution in [0, 0.1) is 28.0 Å². The summed E-state index contributed by atoms with van der Waals surface area (Å²) in [7, 11) is -2.48. The summed E-state index contributed by atoms with van der Waals surface area (Å²) in [6.45, 7) is 1.16. The Morgan fingerprint density at radius 3 is 2.30 bits per heavy atom. The molecule has 1 aromatic heterocycles. The first-order valence-corrected chi connectivity index (χ1v) is 16.4. The zero-order valence-electron chi connectivity index (χ0n) is 22.2. The predicted molar refractivity (Wildman–Crippen MR) is 158 cm³/mol. The molecule has 40 heavy (non-hydrogen) atoms. The molecule has 2 heterocycles. The highest BCUT2D eigenvalue weighted by atomic mass is 32.3. The third-order valence-electron chi connectivity index (χ3n) is 9.11. The summed E-state index contributed by atoms with van der Waals surface area (Å²) >= 11 is 1.51. The molecule has 210 valence electrons. The van der Waals surface area contributed by atoms with Gasteiger partial charge in [0, 0.05) is 40.7 Å². The number of hydrogen-bond acceptors (Lipinski definition) is 7. The van der Waals surface area contributed by atoms with E-state index in [4.69, 9.17) is 10.7 Å². The Bertz CT molecular complexity index is 1450. The van der Waals surface area contributed by atoms with Crippen LogP contribution in [-0.2, 0) is 4.79 Å². The Kier molecular flexibility index (Phi) is 6.90. The summed E-state index contributed by atoms with van der Waals surface area (Å²) in [5.41, 5.74) is 7.97. The van der Waals surface area contributed by atoms with E-state index in [2.05, 4.69) is 11.0 Å². The lowest BCUT2D eigenvalue weighted by atomic mass is 9.57. The molecule has 7 nitrogen and oxygen atoms in total. The van der Waals surface area contributed by atoms with Gasteiger partial charge in [-0.25, -0.2) is 9.37 Å². The molecule has 0 spiro atoms. The third kappa shape index (κ3) is 4.59. The third-order valence-corrected chi connectivity index (χ3v) is 12.0. The van der Waals surface area contributed by atoms with Crippen LogP contribution in [0.5, 0.6) is 0 Å². The molecule has 2 atom stereocenters. The monoisotopic (exact) mass is 580 g/mol. The van der Waals surface area contributed by atoms with Crippen molar-refractivity contribution < 1.29 is 18.3 Å². The molecule has 6 rings (SSSR count). The molecule has 2 aliphatic carbocycles. The number of nitrogens with zero attached hydrogens (tertiary/aromatic N) is 3. The smallest absolute Gasteiger partial charge is 0.225 e. The molecule has 10 heteroatoms. The van der Waals surface area contributed by atoms with Crippen molar-refractivity contribution in [2.24, 2.45) is 16.6 Å². The molecule has 1 aliphatic heterocycles. The van der Waals surface area contributed by atoms with E-state index in [1.165, 1.54) is 23.5 Å². The van der Waals surface area contributed by atoms with Crippen molar-refractivity contribution in [2.45, 2.75) is 44.4 Å². The lowest BCUT2D eigenvalue weighted by molar-refractivity contribution is -0.134. The van der Waals surface area contributed by atoms with Crippen molar-refractivity contribution >= 4 is 33.5 Å². The van der Waals surface area contributed by atoms with Gasteiger partial charge < -0.3 is 10.6 Å². The van der Waals surface area contributed by atoms with Gasteiger partial charge >= 0.3 is 0 Å². The number of primary amides is 1. The summed E-state index contributed by atoms with van der Waals surface area (Å²) in [4.78, 5) is 21.5. The predicted octanol–water partition coefficient (Wildman–Crippen LogP) is 6.62. The van der Waals surface area contributed by atoms with E-state index in [-0.39, 0.29) is 11.7 Å². The van der Waals surface area contributed by atoms with Gasteiger partial charge in [-0.15, -0.1) is 11.3 Å². The number of aromatic nitrogens is 1. The lowest BCUT2D eigenvalue weighted by Crippen LogP contribution is -2.50. The van der Waals surface area contributed by atoms with E-state index in [9.17, 15) is 23.6 Å². The molecular weight excluding hydrogens is 547 g/mol. The van der Waals surface area contributed by atoms with Crippen LogP contribution >= 0.6 is 21.9 Å². The van der Waals surface area contributed by atoms with Gasteiger partial charge in [0.15, 0.2) is 0 Å². The number of amides is 1. The average molecular weight is 581 g/mol. The van der Waals surface area contributed by atoms with E-state index < -0.39 is 27.3 Å². The Morgan fingerprint density at radius 2 is 1.70 bits per heavy atom. The number of anilines is 1. The second-order valence-electron chi connectivity index (χ2n) is 11.3. The minimum atomic E-state index is -2.48. The number of carbonyl (C=O) groups excluding carboxylic acids is 1. The minimum absolute atomic E-state index is 0.227. The summed E-state index contributed by atoms with van der Waals surface area (Å²) in [5.74, 6) is -0.215. The summed E-state index contributed by atoms with van der Waals surface area (Å²) in [6, 6.07) is 16.8. The summed E-state index contributed by atoms with van der Waals surface area (Å²) in [5, 5.41) is 11.0. The fourth-order valence-corrected chi connectivity index (χ4v) is 9.27. The number of halogens is 1. The maximum absolute atomic E-state index is 13.7. The van der Waals surface area contributed by atoms with Crippen LogP contribution in [0.3, 0.4) is 0 Å². The normalized spacial score (nSPS) is 26.1. The highest BCUT2D eigenvalue weighted by Crippen LogP contribution is 2.68. The van der Waals surface area contributed by atoms with Gasteiger partial charge in [0.05, 0.1) is 34.1 Å². The topological polar surface area (TPSA) is 123 Å². The molecule has 0 radical (unpaired) electrons. The zero-order chi connectivity index (χ0) is 28.1. The quantitative estimate of drug-likeness (QED) is 0.301. The van der Waals surface area contributed by atoms with Gasteiger partial charge in [0.2, 0.25) is 5.91 Å². The van der Waals surface area contributed by atoms with Crippen molar-refractivity contribution in [2.75, 3.05) is 29.5 Å². The van der Waals surface area contributed by atoms with Crippen molar-refractivity contribution in [3.63, 3.8) is 0 Å². The van der Waals surface area contributed by atoms with E-state index in [0.717, 1.165) is 51.7 Å². The maximum Gasteiger partial charge on any atom is 0.225 e. The molecule has 1 saturated heterocycles. The first-order valence-electron chi connectivity index (χ1n) is 13.7. The van der Waals surface area contributed by atoms with Gasteiger partial charge in [0.25, 0.3) is 0 Å². The van der Waals surface area contributed by atoms with Crippen molar-refractivity contribution in [3.8, 4) is 27.9 Å². The van der Waals surface area contributed by atoms with Crippen LogP contribution in [0.15, 0.2) is 48.5 Å².